The fourth-order valence-corrected chi connectivity index (χ4v) is 2.92. The van der Waals surface area contributed by atoms with E-state index in [0.29, 0.717) is 6.04 Å². The van der Waals surface area contributed by atoms with Gasteiger partial charge >= 0.3 is 0 Å². The number of hydrogen-bond acceptors (Lipinski definition) is 3. The molecule has 0 bridgehead atoms. The number of piperazine rings is 1. The summed E-state index contributed by atoms with van der Waals surface area (Å²) in [5.41, 5.74) is 0. The molecule has 0 aromatic heterocycles. The summed E-state index contributed by atoms with van der Waals surface area (Å²) in [6, 6.07) is 1.44. The van der Waals surface area contributed by atoms with Crippen LogP contribution in [-0.2, 0) is 0 Å². The smallest absolute Gasteiger partial charge is 0.0320 e. The van der Waals surface area contributed by atoms with Crippen LogP contribution < -0.4 is 10.6 Å². The molecule has 94 valence electrons. The van der Waals surface area contributed by atoms with Gasteiger partial charge in [-0.2, -0.15) is 0 Å². The molecule has 1 atom stereocenters. The molecule has 3 heteroatoms. The molecule has 1 heterocycles. The van der Waals surface area contributed by atoms with E-state index in [1.807, 2.05) is 0 Å². The van der Waals surface area contributed by atoms with Crippen molar-refractivity contribution in [1.29, 1.82) is 0 Å². The molecule has 16 heavy (non-hydrogen) atoms. The lowest BCUT2D eigenvalue weighted by atomic mass is 10.1. The second kappa shape index (κ2) is 6.58. The summed E-state index contributed by atoms with van der Waals surface area (Å²) in [6.45, 7) is 4.68. The molecule has 0 aromatic rings. The van der Waals surface area contributed by atoms with E-state index in [1.54, 1.807) is 0 Å². The number of rotatable bonds is 3. The van der Waals surface area contributed by atoms with Crippen molar-refractivity contribution in [2.45, 2.75) is 50.6 Å². The zero-order chi connectivity index (χ0) is 11.2. The fourth-order valence-electron chi connectivity index (χ4n) is 2.92. The quantitative estimate of drug-likeness (QED) is 0.707. The van der Waals surface area contributed by atoms with Crippen molar-refractivity contribution in [2.75, 3.05) is 33.2 Å². The average molecular weight is 225 g/mol. The first-order valence-corrected chi connectivity index (χ1v) is 7.00. The summed E-state index contributed by atoms with van der Waals surface area (Å²) in [4.78, 5) is 2.43. The summed E-state index contributed by atoms with van der Waals surface area (Å²) in [7, 11) is 2.22. The van der Waals surface area contributed by atoms with E-state index in [0.717, 1.165) is 19.1 Å². The van der Waals surface area contributed by atoms with Gasteiger partial charge in [0.1, 0.15) is 0 Å². The number of hydrogen-bond donors (Lipinski definition) is 2. The molecule has 0 spiro atoms. The van der Waals surface area contributed by atoms with Gasteiger partial charge in [0.15, 0.2) is 0 Å². The SMILES string of the molecule is CN1CCNC(CNC2CCCCCC2)C1. The van der Waals surface area contributed by atoms with E-state index >= 15 is 0 Å². The van der Waals surface area contributed by atoms with Crippen LogP contribution in [-0.4, -0.2) is 50.2 Å². The van der Waals surface area contributed by atoms with E-state index in [-0.39, 0.29) is 0 Å². The fraction of sp³-hybridized carbons (Fsp3) is 1.00. The van der Waals surface area contributed by atoms with Gasteiger partial charge in [-0.05, 0) is 19.9 Å². The molecule has 2 fully saturated rings. The van der Waals surface area contributed by atoms with Crippen LogP contribution in [0.4, 0.5) is 0 Å². The first-order chi connectivity index (χ1) is 7.84. The Hall–Kier alpha value is -0.120. The van der Waals surface area contributed by atoms with Crippen LogP contribution in [0.3, 0.4) is 0 Å². The Kier molecular flexibility index (Phi) is 5.07. The van der Waals surface area contributed by atoms with Gasteiger partial charge in [-0.25, -0.2) is 0 Å². The first-order valence-electron chi connectivity index (χ1n) is 7.00. The second-order valence-electron chi connectivity index (χ2n) is 5.51. The predicted octanol–water partition coefficient (Wildman–Crippen LogP) is 1.20. The van der Waals surface area contributed by atoms with E-state index in [9.17, 15) is 0 Å². The van der Waals surface area contributed by atoms with Gasteiger partial charge in [0.05, 0.1) is 0 Å². The van der Waals surface area contributed by atoms with E-state index in [2.05, 4.69) is 22.6 Å². The highest BCUT2D eigenvalue weighted by Crippen LogP contribution is 2.17. The Labute approximate surface area is 100.0 Å². The topological polar surface area (TPSA) is 27.3 Å². The molecule has 2 N–H and O–H groups in total. The molecule has 2 rings (SSSR count). The molecule has 3 nitrogen and oxygen atoms in total. The molecule has 0 amide bonds. The molecule has 1 aliphatic heterocycles. The zero-order valence-corrected chi connectivity index (χ0v) is 10.7. The third-order valence-electron chi connectivity index (χ3n) is 3.97. The minimum Gasteiger partial charge on any atom is -0.312 e. The molecule has 1 saturated carbocycles. The second-order valence-corrected chi connectivity index (χ2v) is 5.51. The van der Waals surface area contributed by atoms with Crippen molar-refractivity contribution in [3.05, 3.63) is 0 Å². The van der Waals surface area contributed by atoms with Crippen molar-refractivity contribution < 1.29 is 0 Å². The Morgan fingerprint density at radius 2 is 1.94 bits per heavy atom. The van der Waals surface area contributed by atoms with Gasteiger partial charge in [0.25, 0.3) is 0 Å². The third-order valence-corrected chi connectivity index (χ3v) is 3.97. The Balaban J connectivity index is 1.65. The van der Waals surface area contributed by atoms with Gasteiger partial charge in [0.2, 0.25) is 0 Å². The van der Waals surface area contributed by atoms with Crippen LogP contribution in [0.2, 0.25) is 0 Å². The van der Waals surface area contributed by atoms with E-state index < -0.39 is 0 Å². The molecule has 1 saturated heterocycles. The largest absolute Gasteiger partial charge is 0.312 e. The van der Waals surface area contributed by atoms with Crippen molar-refractivity contribution in [3.63, 3.8) is 0 Å². The van der Waals surface area contributed by atoms with Crippen LogP contribution >= 0.6 is 0 Å². The van der Waals surface area contributed by atoms with Crippen LogP contribution in [0, 0.1) is 0 Å². The zero-order valence-electron chi connectivity index (χ0n) is 10.7. The normalized spacial score (nSPS) is 30.2. The molecule has 1 unspecified atom stereocenters. The van der Waals surface area contributed by atoms with E-state index in [1.165, 1.54) is 51.6 Å². The number of likely N-dealkylation sites (N-methyl/N-ethyl adjacent to an activating group) is 1. The molecular formula is C13H27N3. The highest BCUT2D eigenvalue weighted by atomic mass is 15.2. The molecule has 0 radical (unpaired) electrons. The van der Waals surface area contributed by atoms with Crippen LogP contribution in [0.1, 0.15) is 38.5 Å². The summed E-state index contributed by atoms with van der Waals surface area (Å²) in [5, 5.41) is 7.36. The highest BCUT2D eigenvalue weighted by Gasteiger charge is 2.18. The standard InChI is InChI=1S/C13H27N3/c1-16-9-8-14-13(11-16)10-15-12-6-4-2-3-5-7-12/h12-15H,2-11H2,1H3. The predicted molar refractivity (Wildman–Crippen MR) is 68.8 cm³/mol. The molecule has 0 aromatic carbocycles. The number of nitrogens with one attached hydrogen (secondary N) is 2. The maximum Gasteiger partial charge on any atom is 0.0320 e. The lowest BCUT2D eigenvalue weighted by Crippen LogP contribution is -2.54. The molecular weight excluding hydrogens is 198 g/mol. The first kappa shape index (κ1) is 12.3. The van der Waals surface area contributed by atoms with Gasteiger partial charge in [0, 0.05) is 38.3 Å². The summed E-state index contributed by atoms with van der Waals surface area (Å²) < 4.78 is 0. The minimum absolute atomic E-state index is 0.655. The van der Waals surface area contributed by atoms with Crippen LogP contribution in [0.25, 0.3) is 0 Å². The summed E-state index contributed by atoms with van der Waals surface area (Å²) >= 11 is 0. The summed E-state index contributed by atoms with van der Waals surface area (Å²) in [6.07, 6.45) is 8.53. The Morgan fingerprint density at radius 3 is 2.62 bits per heavy atom. The highest BCUT2D eigenvalue weighted by molar-refractivity contribution is 4.81. The summed E-state index contributed by atoms with van der Waals surface area (Å²) in [5.74, 6) is 0. The van der Waals surface area contributed by atoms with Crippen molar-refractivity contribution >= 4 is 0 Å². The molecule has 1 aliphatic carbocycles. The Bertz CT molecular complexity index is 186. The minimum atomic E-state index is 0.655. The Morgan fingerprint density at radius 1 is 1.19 bits per heavy atom. The van der Waals surface area contributed by atoms with Gasteiger partial charge in [-0.3, -0.25) is 0 Å². The maximum absolute atomic E-state index is 3.76. The lowest BCUT2D eigenvalue weighted by molar-refractivity contribution is 0.230. The van der Waals surface area contributed by atoms with E-state index in [4.69, 9.17) is 0 Å². The van der Waals surface area contributed by atoms with Crippen molar-refractivity contribution in [2.24, 2.45) is 0 Å². The lowest BCUT2D eigenvalue weighted by Gasteiger charge is -2.32. The van der Waals surface area contributed by atoms with Crippen molar-refractivity contribution in [3.8, 4) is 0 Å². The van der Waals surface area contributed by atoms with Gasteiger partial charge in [-0.1, -0.05) is 25.7 Å². The molecule has 2 aliphatic rings. The van der Waals surface area contributed by atoms with Crippen molar-refractivity contribution in [1.82, 2.24) is 15.5 Å². The average Bonchev–Trinajstić information content (AvgIpc) is 2.55. The maximum atomic E-state index is 3.76. The van der Waals surface area contributed by atoms with Crippen LogP contribution in [0.5, 0.6) is 0 Å². The van der Waals surface area contributed by atoms with Gasteiger partial charge < -0.3 is 15.5 Å². The number of nitrogens with zero attached hydrogens (tertiary/aromatic N) is 1. The van der Waals surface area contributed by atoms with Crippen LogP contribution in [0.15, 0.2) is 0 Å². The third kappa shape index (κ3) is 4.04. The monoisotopic (exact) mass is 225 g/mol. The van der Waals surface area contributed by atoms with Gasteiger partial charge in [-0.15, -0.1) is 0 Å².